The standard InChI is InChI=1S/C14H19BN2O4/c1-10(16)6-7-20-9-13(18)17-12-4-2-11(3-5-12)8-21-14(15)19/h2-5,10H,6-9,16H2,1H3,(H,17,18). The molecule has 3 N–H and O–H groups in total. The Morgan fingerprint density at radius 1 is 1.33 bits per heavy atom. The summed E-state index contributed by atoms with van der Waals surface area (Å²) in [6.45, 7) is 2.42. The predicted molar refractivity (Wildman–Crippen MR) is 80.1 cm³/mol. The molecule has 6 nitrogen and oxygen atoms in total. The molecule has 0 bridgehead atoms. The van der Waals surface area contributed by atoms with Crippen LogP contribution in [0.5, 0.6) is 0 Å². The van der Waals surface area contributed by atoms with Gasteiger partial charge in [0.05, 0.1) is 0 Å². The molecular formula is C14H19BN2O4. The SMILES string of the molecule is [B]C(=O)OCc1ccc(NC(=O)COCCC(C)N)cc1. The van der Waals surface area contributed by atoms with Crippen molar-refractivity contribution in [3.8, 4) is 0 Å². The molecule has 1 aromatic carbocycles. The van der Waals surface area contributed by atoms with Crippen molar-refractivity contribution in [2.24, 2.45) is 5.73 Å². The molecule has 0 saturated heterocycles. The molecule has 21 heavy (non-hydrogen) atoms. The number of benzene rings is 1. The van der Waals surface area contributed by atoms with Crippen LogP contribution >= 0.6 is 0 Å². The Morgan fingerprint density at radius 2 is 2.00 bits per heavy atom. The smallest absolute Gasteiger partial charge is 0.250 e. The third-order valence-electron chi connectivity index (χ3n) is 2.57. The summed E-state index contributed by atoms with van der Waals surface area (Å²) in [5.74, 6) is -1.06. The maximum atomic E-state index is 11.6. The highest BCUT2D eigenvalue weighted by Crippen LogP contribution is 2.10. The van der Waals surface area contributed by atoms with E-state index < -0.39 is 5.87 Å². The molecule has 0 aliphatic rings. The molecule has 112 valence electrons. The number of amides is 1. The fraction of sp³-hybridized carbons (Fsp3) is 0.429. The Bertz CT molecular complexity index is 463. The topological polar surface area (TPSA) is 90.6 Å². The predicted octanol–water partition coefficient (Wildman–Crippen LogP) is 1.18. The molecular weight excluding hydrogens is 271 g/mol. The molecule has 0 saturated carbocycles. The van der Waals surface area contributed by atoms with Gasteiger partial charge in [-0.3, -0.25) is 9.59 Å². The molecule has 1 atom stereocenters. The second kappa shape index (κ2) is 9.15. The van der Waals surface area contributed by atoms with E-state index in [0.29, 0.717) is 18.7 Å². The van der Waals surface area contributed by atoms with Gasteiger partial charge in [-0.2, -0.15) is 0 Å². The van der Waals surface area contributed by atoms with Crippen molar-refractivity contribution < 1.29 is 19.1 Å². The van der Waals surface area contributed by atoms with Gasteiger partial charge in [-0.15, -0.1) is 0 Å². The average molecular weight is 290 g/mol. The monoisotopic (exact) mass is 290 g/mol. The Hall–Kier alpha value is -1.86. The number of ether oxygens (including phenoxy) is 2. The van der Waals surface area contributed by atoms with Crippen molar-refractivity contribution in [1.82, 2.24) is 0 Å². The third-order valence-corrected chi connectivity index (χ3v) is 2.57. The second-order valence-corrected chi connectivity index (χ2v) is 4.67. The second-order valence-electron chi connectivity index (χ2n) is 4.67. The number of anilines is 1. The Kier molecular flexibility index (Phi) is 7.49. The summed E-state index contributed by atoms with van der Waals surface area (Å²) in [4.78, 5) is 22.1. The maximum Gasteiger partial charge on any atom is 0.250 e. The van der Waals surface area contributed by atoms with Crippen LogP contribution in [0.3, 0.4) is 0 Å². The van der Waals surface area contributed by atoms with Gasteiger partial charge in [-0.05, 0) is 31.0 Å². The fourth-order valence-electron chi connectivity index (χ4n) is 1.47. The first-order chi connectivity index (χ1) is 9.97. The van der Waals surface area contributed by atoms with Crippen molar-refractivity contribution in [1.29, 1.82) is 0 Å². The lowest BCUT2D eigenvalue weighted by molar-refractivity contribution is -0.120. The molecule has 1 unspecified atom stereocenters. The number of hydrogen-bond donors (Lipinski definition) is 2. The van der Waals surface area contributed by atoms with Gasteiger partial charge in [0.25, 0.3) is 0 Å². The van der Waals surface area contributed by atoms with Crippen molar-refractivity contribution in [3.63, 3.8) is 0 Å². The van der Waals surface area contributed by atoms with Gasteiger partial charge in [-0.25, -0.2) is 0 Å². The number of nitrogens with two attached hydrogens (primary N) is 1. The van der Waals surface area contributed by atoms with E-state index in [1.807, 2.05) is 6.92 Å². The summed E-state index contributed by atoms with van der Waals surface area (Å²) in [7, 11) is 4.87. The molecule has 2 radical (unpaired) electrons. The molecule has 0 aliphatic heterocycles. The van der Waals surface area contributed by atoms with Gasteiger partial charge < -0.3 is 20.5 Å². The first-order valence-electron chi connectivity index (χ1n) is 6.61. The largest absolute Gasteiger partial charge is 0.470 e. The first-order valence-corrected chi connectivity index (χ1v) is 6.61. The molecule has 7 heteroatoms. The summed E-state index contributed by atoms with van der Waals surface area (Å²) in [6.07, 6.45) is 0.710. The number of rotatable bonds is 8. The average Bonchev–Trinajstić information content (AvgIpc) is 2.42. The van der Waals surface area contributed by atoms with Crippen LogP contribution in [-0.2, 0) is 20.9 Å². The van der Waals surface area contributed by atoms with Crippen LogP contribution in [0, 0.1) is 0 Å². The zero-order valence-corrected chi connectivity index (χ0v) is 12.0. The lowest BCUT2D eigenvalue weighted by atomic mass is 10.2. The van der Waals surface area contributed by atoms with Crippen LogP contribution in [0.1, 0.15) is 18.9 Å². The molecule has 0 heterocycles. The maximum absolute atomic E-state index is 11.6. The zero-order chi connectivity index (χ0) is 15.7. The molecule has 1 amide bonds. The van der Waals surface area contributed by atoms with Crippen LogP contribution in [0.4, 0.5) is 10.5 Å². The van der Waals surface area contributed by atoms with E-state index in [4.69, 9.17) is 18.3 Å². The number of carbonyl (C=O) groups is 2. The van der Waals surface area contributed by atoms with Crippen LogP contribution in [0.15, 0.2) is 24.3 Å². The van der Waals surface area contributed by atoms with E-state index >= 15 is 0 Å². The van der Waals surface area contributed by atoms with E-state index in [0.717, 1.165) is 5.56 Å². The summed E-state index contributed by atoms with van der Waals surface area (Å²) in [6, 6.07) is 6.94. The van der Waals surface area contributed by atoms with Gasteiger partial charge in [0.1, 0.15) is 13.2 Å². The Morgan fingerprint density at radius 3 is 2.57 bits per heavy atom. The molecule has 0 spiro atoms. The lowest BCUT2D eigenvalue weighted by Gasteiger charge is -2.08. The van der Waals surface area contributed by atoms with Gasteiger partial charge in [0.2, 0.25) is 19.6 Å². The minimum atomic E-state index is -0.823. The van der Waals surface area contributed by atoms with E-state index in [1.165, 1.54) is 0 Å². The van der Waals surface area contributed by atoms with Gasteiger partial charge in [0, 0.05) is 18.3 Å². The number of nitrogens with one attached hydrogen (secondary N) is 1. The van der Waals surface area contributed by atoms with Crippen molar-refractivity contribution in [2.45, 2.75) is 26.0 Å². The van der Waals surface area contributed by atoms with Crippen LogP contribution in [0.2, 0.25) is 0 Å². The highest BCUT2D eigenvalue weighted by Gasteiger charge is 2.04. The lowest BCUT2D eigenvalue weighted by Crippen LogP contribution is -2.21. The van der Waals surface area contributed by atoms with E-state index in [1.54, 1.807) is 24.3 Å². The molecule has 0 aromatic heterocycles. The van der Waals surface area contributed by atoms with Crippen molar-refractivity contribution in [3.05, 3.63) is 29.8 Å². The minimum absolute atomic E-state index is 0.0146. The normalized spacial score (nSPS) is 11.7. The van der Waals surface area contributed by atoms with E-state index in [2.05, 4.69) is 10.1 Å². The number of hydrogen-bond acceptors (Lipinski definition) is 5. The van der Waals surface area contributed by atoms with Gasteiger partial charge in [0.15, 0.2) is 0 Å². The van der Waals surface area contributed by atoms with Crippen LogP contribution in [-0.4, -0.2) is 38.9 Å². The quantitative estimate of drug-likeness (QED) is 0.554. The van der Waals surface area contributed by atoms with Gasteiger partial charge >= 0.3 is 0 Å². The summed E-state index contributed by atoms with van der Waals surface area (Å²) in [5, 5.41) is 2.69. The molecule has 1 rings (SSSR count). The molecule has 0 aliphatic carbocycles. The van der Waals surface area contributed by atoms with Crippen molar-refractivity contribution >= 4 is 25.3 Å². The molecule has 1 aromatic rings. The minimum Gasteiger partial charge on any atom is -0.470 e. The Balaban J connectivity index is 2.30. The summed E-state index contributed by atoms with van der Waals surface area (Å²) >= 11 is 0. The highest BCUT2D eigenvalue weighted by molar-refractivity contribution is 6.55. The summed E-state index contributed by atoms with van der Waals surface area (Å²) in [5.41, 5.74) is 6.99. The first kappa shape index (κ1) is 17.2. The van der Waals surface area contributed by atoms with Crippen LogP contribution < -0.4 is 11.1 Å². The third kappa shape index (κ3) is 8.11. The Labute approximate surface area is 125 Å². The van der Waals surface area contributed by atoms with Crippen LogP contribution in [0.25, 0.3) is 0 Å². The van der Waals surface area contributed by atoms with Crippen molar-refractivity contribution in [2.75, 3.05) is 18.5 Å². The zero-order valence-electron chi connectivity index (χ0n) is 12.0. The van der Waals surface area contributed by atoms with Gasteiger partial charge in [-0.1, -0.05) is 12.1 Å². The highest BCUT2D eigenvalue weighted by atomic mass is 16.5. The number of carbonyl (C=O) groups excluding carboxylic acids is 2. The van der Waals surface area contributed by atoms with E-state index in [-0.39, 0.29) is 25.2 Å². The van der Waals surface area contributed by atoms with E-state index in [9.17, 15) is 9.59 Å². The fourth-order valence-corrected chi connectivity index (χ4v) is 1.47. The summed E-state index contributed by atoms with van der Waals surface area (Å²) < 4.78 is 9.86. The molecule has 0 fully saturated rings.